The molecule has 0 aliphatic heterocycles. The summed E-state index contributed by atoms with van der Waals surface area (Å²) in [5.74, 6) is -1.89. The van der Waals surface area contributed by atoms with E-state index in [9.17, 15) is 14.4 Å². The van der Waals surface area contributed by atoms with Crippen LogP contribution in [0.3, 0.4) is 0 Å². The van der Waals surface area contributed by atoms with Crippen LogP contribution in [0.4, 0.5) is 0 Å². The summed E-state index contributed by atoms with van der Waals surface area (Å²) in [7, 11) is 0. The highest BCUT2D eigenvalue weighted by Crippen LogP contribution is 2.11. The van der Waals surface area contributed by atoms with Gasteiger partial charge >= 0.3 is 0 Å². The van der Waals surface area contributed by atoms with Gasteiger partial charge in [-0.2, -0.15) is 0 Å². The van der Waals surface area contributed by atoms with E-state index >= 15 is 0 Å². The average molecular weight is 459 g/mol. The van der Waals surface area contributed by atoms with Crippen LogP contribution < -0.4 is 27.4 Å². The third-order valence-electron chi connectivity index (χ3n) is 4.64. The highest BCUT2D eigenvalue weighted by molar-refractivity contribution is 6.31. The maximum absolute atomic E-state index is 13.0. The minimum Gasteiger partial charge on any atom is -0.370 e. The van der Waals surface area contributed by atoms with Crippen molar-refractivity contribution in [3.8, 4) is 0 Å². The fourth-order valence-electron chi connectivity index (χ4n) is 3.01. The van der Waals surface area contributed by atoms with Crippen molar-refractivity contribution in [1.29, 1.82) is 5.41 Å². The van der Waals surface area contributed by atoms with Crippen molar-refractivity contribution < 1.29 is 14.4 Å². The Balaban J connectivity index is 2.10. The highest BCUT2D eigenvalue weighted by atomic mass is 35.5. The van der Waals surface area contributed by atoms with Crippen LogP contribution >= 0.6 is 11.6 Å². The normalized spacial score (nSPS) is 12.3. The zero-order valence-electron chi connectivity index (χ0n) is 17.4. The molecule has 0 radical (unpaired) electrons. The lowest BCUT2D eigenvalue weighted by Gasteiger charge is -2.22. The predicted octanol–water partition coefficient (Wildman–Crippen LogP) is 0.914. The molecule has 0 aromatic heterocycles. The second-order valence-corrected chi connectivity index (χ2v) is 7.61. The molecule has 0 unspecified atom stereocenters. The number of hydrogen-bond donors (Lipinski definition) is 6. The monoisotopic (exact) mass is 458 g/mol. The third-order valence-corrected chi connectivity index (χ3v) is 4.87. The molecule has 9 nitrogen and oxygen atoms in total. The summed E-state index contributed by atoms with van der Waals surface area (Å²) in [6.45, 7) is 0.343. The van der Waals surface area contributed by atoms with Crippen LogP contribution in [0.1, 0.15) is 28.8 Å². The topological polar surface area (TPSA) is 163 Å². The second kappa shape index (κ2) is 12.3. The zero-order valence-corrected chi connectivity index (χ0v) is 18.2. The van der Waals surface area contributed by atoms with E-state index in [1.165, 1.54) is 6.07 Å². The Labute approximate surface area is 191 Å². The Hall–Kier alpha value is -3.59. The minimum atomic E-state index is -0.939. The number of carbonyl (C=O) groups is 3. The summed E-state index contributed by atoms with van der Waals surface area (Å²) >= 11 is 5.95. The molecule has 0 saturated carbocycles. The van der Waals surface area contributed by atoms with E-state index in [0.29, 0.717) is 23.6 Å². The molecule has 32 heavy (non-hydrogen) atoms. The number of rotatable bonds is 11. The zero-order chi connectivity index (χ0) is 23.5. The van der Waals surface area contributed by atoms with Gasteiger partial charge < -0.3 is 27.4 Å². The second-order valence-electron chi connectivity index (χ2n) is 7.17. The van der Waals surface area contributed by atoms with Gasteiger partial charge in [-0.05, 0) is 36.6 Å². The first kappa shape index (κ1) is 24.7. The van der Waals surface area contributed by atoms with Gasteiger partial charge in [0.05, 0.1) is 0 Å². The van der Waals surface area contributed by atoms with E-state index in [2.05, 4.69) is 16.0 Å². The van der Waals surface area contributed by atoms with Crippen LogP contribution in [0.2, 0.25) is 5.02 Å². The Morgan fingerprint density at radius 1 is 0.969 bits per heavy atom. The van der Waals surface area contributed by atoms with Crippen LogP contribution in [0.25, 0.3) is 0 Å². The summed E-state index contributed by atoms with van der Waals surface area (Å²) in [6.07, 6.45) is 0.908. The average Bonchev–Trinajstić information content (AvgIpc) is 2.75. The molecule has 2 aromatic rings. The molecule has 0 aliphatic carbocycles. The summed E-state index contributed by atoms with van der Waals surface area (Å²) in [5, 5.41) is 15.6. The van der Waals surface area contributed by atoms with Gasteiger partial charge in [0.15, 0.2) is 5.96 Å². The lowest BCUT2D eigenvalue weighted by Crippen LogP contribution is -2.53. The Morgan fingerprint density at radius 3 is 2.31 bits per heavy atom. The number of nitrogens with two attached hydrogens (primary N) is 2. The molecule has 0 heterocycles. The summed E-state index contributed by atoms with van der Waals surface area (Å²) in [5.41, 5.74) is 11.9. The molecule has 170 valence electrons. The molecule has 8 N–H and O–H groups in total. The van der Waals surface area contributed by atoms with Gasteiger partial charge in [0.25, 0.3) is 5.91 Å². The maximum atomic E-state index is 13.0. The number of nitrogens with one attached hydrogen (secondary N) is 4. The third kappa shape index (κ3) is 8.27. The largest absolute Gasteiger partial charge is 0.370 e. The van der Waals surface area contributed by atoms with Gasteiger partial charge in [-0.3, -0.25) is 19.8 Å². The molecule has 10 heteroatoms. The van der Waals surface area contributed by atoms with Gasteiger partial charge in [0.1, 0.15) is 12.1 Å². The van der Waals surface area contributed by atoms with E-state index in [1.807, 2.05) is 30.3 Å². The molecule has 0 bridgehead atoms. The van der Waals surface area contributed by atoms with Crippen molar-refractivity contribution >= 4 is 35.3 Å². The van der Waals surface area contributed by atoms with E-state index in [-0.39, 0.29) is 18.8 Å². The molecule has 0 fully saturated rings. The number of halogens is 1. The standard InChI is InChI=1S/C22H27ClN6O3/c23-16-9-4-8-15(13-16)20(31)28-17(10-5-11-27-22(25)26)21(32)29-18(19(24)30)12-14-6-2-1-3-7-14/h1-4,6-9,13,17-18H,5,10-12H2,(H2,24,30)(H,28,31)(H,29,32)(H4,25,26,27)/t17-,18-/m0/s1. The first-order valence-electron chi connectivity index (χ1n) is 10.0. The Bertz CT molecular complexity index is 954. The number of benzene rings is 2. The van der Waals surface area contributed by atoms with Crippen LogP contribution in [0, 0.1) is 5.41 Å². The molecule has 0 aliphatic rings. The fraction of sp³-hybridized carbons (Fsp3) is 0.273. The van der Waals surface area contributed by atoms with Crippen molar-refractivity contribution in [2.45, 2.75) is 31.3 Å². The molecular formula is C22H27ClN6O3. The van der Waals surface area contributed by atoms with Gasteiger partial charge in [-0.1, -0.05) is 48.0 Å². The summed E-state index contributed by atoms with van der Waals surface area (Å²) in [6, 6.07) is 13.6. The molecule has 0 saturated heterocycles. The lowest BCUT2D eigenvalue weighted by atomic mass is 10.0. The first-order valence-corrected chi connectivity index (χ1v) is 10.4. The van der Waals surface area contributed by atoms with Crippen LogP contribution in [-0.2, 0) is 16.0 Å². The fourth-order valence-corrected chi connectivity index (χ4v) is 3.20. The van der Waals surface area contributed by atoms with Crippen molar-refractivity contribution in [3.05, 3.63) is 70.7 Å². The number of carbonyl (C=O) groups excluding carboxylic acids is 3. The van der Waals surface area contributed by atoms with E-state index in [1.54, 1.807) is 18.2 Å². The summed E-state index contributed by atoms with van der Waals surface area (Å²) < 4.78 is 0. The molecule has 0 spiro atoms. The molecular weight excluding hydrogens is 432 g/mol. The van der Waals surface area contributed by atoms with Gasteiger partial charge in [-0.15, -0.1) is 0 Å². The van der Waals surface area contributed by atoms with E-state index in [0.717, 1.165) is 5.56 Å². The number of amides is 3. The predicted molar refractivity (Wildman–Crippen MR) is 123 cm³/mol. The van der Waals surface area contributed by atoms with Crippen molar-refractivity contribution in [3.63, 3.8) is 0 Å². The molecule has 2 aromatic carbocycles. The SMILES string of the molecule is N=C(N)NCCC[C@H](NC(=O)c1cccc(Cl)c1)C(=O)N[C@@H](Cc1ccccc1)C(N)=O. The highest BCUT2D eigenvalue weighted by Gasteiger charge is 2.26. The lowest BCUT2D eigenvalue weighted by molar-refractivity contribution is -0.128. The quantitative estimate of drug-likeness (QED) is 0.167. The Morgan fingerprint density at radius 2 is 1.69 bits per heavy atom. The van der Waals surface area contributed by atoms with Crippen molar-refractivity contribution in [2.75, 3.05) is 6.54 Å². The summed E-state index contributed by atoms with van der Waals surface area (Å²) in [4.78, 5) is 37.6. The number of primary amides is 1. The number of guanidine groups is 1. The smallest absolute Gasteiger partial charge is 0.251 e. The van der Waals surface area contributed by atoms with Crippen LogP contribution in [-0.4, -0.2) is 42.3 Å². The Kier molecular flexibility index (Phi) is 9.49. The van der Waals surface area contributed by atoms with Gasteiger partial charge in [0, 0.05) is 23.6 Å². The molecule has 2 rings (SSSR count). The van der Waals surface area contributed by atoms with Crippen LogP contribution in [0.5, 0.6) is 0 Å². The maximum Gasteiger partial charge on any atom is 0.251 e. The molecule has 2 atom stereocenters. The van der Waals surface area contributed by atoms with E-state index < -0.39 is 29.8 Å². The first-order chi connectivity index (χ1) is 15.3. The minimum absolute atomic E-state index is 0.189. The van der Waals surface area contributed by atoms with Crippen molar-refractivity contribution in [2.24, 2.45) is 11.5 Å². The van der Waals surface area contributed by atoms with E-state index in [4.69, 9.17) is 28.5 Å². The van der Waals surface area contributed by atoms with Crippen molar-refractivity contribution in [1.82, 2.24) is 16.0 Å². The van der Waals surface area contributed by atoms with Gasteiger partial charge in [-0.25, -0.2) is 0 Å². The van der Waals surface area contributed by atoms with Crippen LogP contribution in [0.15, 0.2) is 54.6 Å². The number of hydrogen-bond acceptors (Lipinski definition) is 4. The van der Waals surface area contributed by atoms with Gasteiger partial charge in [0.2, 0.25) is 11.8 Å². The molecule has 3 amide bonds.